The van der Waals surface area contributed by atoms with Crippen molar-refractivity contribution in [3.8, 4) is 5.75 Å². The minimum absolute atomic E-state index is 0.158. The van der Waals surface area contributed by atoms with Crippen molar-refractivity contribution in [3.05, 3.63) is 77.9 Å². The lowest BCUT2D eigenvalue weighted by Gasteiger charge is -2.12. The average molecular weight is 348 g/mol. The fourth-order valence-electron chi connectivity index (χ4n) is 2.92. The molecule has 0 spiro atoms. The smallest absolute Gasteiger partial charge is 0.283 e. The Hall–Kier alpha value is -3.41. The molecule has 2 aromatic rings. The Morgan fingerprint density at radius 1 is 1.31 bits per heavy atom. The van der Waals surface area contributed by atoms with Crippen molar-refractivity contribution >= 4 is 17.8 Å². The van der Waals surface area contributed by atoms with Gasteiger partial charge in [0, 0.05) is 11.6 Å². The van der Waals surface area contributed by atoms with E-state index < -0.39 is 0 Å². The molecule has 0 saturated heterocycles. The number of methoxy groups -OCH3 is 1. The molecule has 1 atom stereocenters. The Labute approximate surface area is 150 Å². The molecule has 1 N–H and O–H groups in total. The SMILES string of the molecule is COc1ccc(C2=NC3C(C(=O)NCc4ccco4)=CC=C[N+]3=C2)cc1. The second kappa shape index (κ2) is 6.84. The third kappa shape index (κ3) is 3.09. The average Bonchev–Trinajstić information content (AvgIpc) is 3.35. The molecular formula is C20H18N3O3+. The molecule has 4 rings (SSSR count). The van der Waals surface area contributed by atoms with Gasteiger partial charge in [0.1, 0.15) is 22.8 Å². The normalized spacial score (nSPS) is 17.9. The molecule has 130 valence electrons. The number of amides is 1. The van der Waals surface area contributed by atoms with Crippen LogP contribution in [0.4, 0.5) is 0 Å². The number of hydrogen-bond acceptors (Lipinski definition) is 4. The van der Waals surface area contributed by atoms with Crippen LogP contribution in [0.1, 0.15) is 11.3 Å². The minimum Gasteiger partial charge on any atom is -0.497 e. The lowest BCUT2D eigenvalue weighted by atomic mass is 10.1. The van der Waals surface area contributed by atoms with Gasteiger partial charge in [-0.05, 0) is 42.5 Å². The van der Waals surface area contributed by atoms with E-state index >= 15 is 0 Å². The monoisotopic (exact) mass is 348 g/mol. The zero-order valence-corrected chi connectivity index (χ0v) is 14.3. The summed E-state index contributed by atoms with van der Waals surface area (Å²) in [4.78, 5) is 17.3. The quantitative estimate of drug-likeness (QED) is 0.843. The van der Waals surface area contributed by atoms with E-state index in [9.17, 15) is 4.79 Å². The van der Waals surface area contributed by atoms with Crippen molar-refractivity contribution in [1.29, 1.82) is 0 Å². The van der Waals surface area contributed by atoms with E-state index in [4.69, 9.17) is 14.1 Å². The fourth-order valence-corrected chi connectivity index (χ4v) is 2.92. The second-order valence-corrected chi connectivity index (χ2v) is 5.92. The second-order valence-electron chi connectivity index (χ2n) is 5.92. The van der Waals surface area contributed by atoms with Crippen LogP contribution < -0.4 is 10.1 Å². The summed E-state index contributed by atoms with van der Waals surface area (Å²) in [5, 5.41) is 2.88. The van der Waals surface area contributed by atoms with Crippen molar-refractivity contribution < 1.29 is 18.5 Å². The van der Waals surface area contributed by atoms with Gasteiger partial charge in [-0.25, -0.2) is 4.99 Å². The predicted octanol–water partition coefficient (Wildman–Crippen LogP) is 2.27. The standard InChI is InChI=1S/C20H17N3O3/c1-25-15-8-6-14(7-9-15)18-13-23-10-2-5-17(19(23)22-18)20(24)21-12-16-4-3-11-26-16/h2-11,13,19H,12H2,1H3/p+1. The molecule has 1 amide bonds. The first-order chi connectivity index (χ1) is 12.7. The maximum Gasteiger partial charge on any atom is 0.283 e. The highest BCUT2D eigenvalue weighted by Crippen LogP contribution is 2.21. The molecule has 0 radical (unpaired) electrons. The topological polar surface area (TPSA) is 66.8 Å². The number of hydrogen-bond donors (Lipinski definition) is 1. The zero-order valence-electron chi connectivity index (χ0n) is 14.3. The molecule has 0 aliphatic carbocycles. The zero-order chi connectivity index (χ0) is 17.9. The number of benzene rings is 1. The van der Waals surface area contributed by atoms with Crippen molar-refractivity contribution in [2.45, 2.75) is 12.7 Å². The summed E-state index contributed by atoms with van der Waals surface area (Å²) in [6.07, 6.45) is 8.73. The number of nitrogens with one attached hydrogen (secondary N) is 1. The molecule has 2 aliphatic heterocycles. The highest BCUT2D eigenvalue weighted by atomic mass is 16.5. The highest BCUT2D eigenvalue weighted by Gasteiger charge is 2.35. The summed E-state index contributed by atoms with van der Waals surface area (Å²) < 4.78 is 12.4. The van der Waals surface area contributed by atoms with Crippen LogP contribution in [0.5, 0.6) is 5.75 Å². The summed E-state index contributed by atoms with van der Waals surface area (Å²) in [5.74, 6) is 1.35. The van der Waals surface area contributed by atoms with Crippen molar-refractivity contribution in [3.63, 3.8) is 0 Å². The van der Waals surface area contributed by atoms with E-state index in [1.54, 1.807) is 25.5 Å². The summed E-state index contributed by atoms with van der Waals surface area (Å²) in [7, 11) is 1.64. The molecule has 26 heavy (non-hydrogen) atoms. The number of fused-ring (bicyclic) bond motifs is 1. The van der Waals surface area contributed by atoms with Crippen LogP contribution in [0.3, 0.4) is 0 Å². The largest absolute Gasteiger partial charge is 0.497 e. The van der Waals surface area contributed by atoms with E-state index in [2.05, 4.69) is 5.32 Å². The van der Waals surface area contributed by atoms with Crippen LogP contribution >= 0.6 is 0 Å². The van der Waals surface area contributed by atoms with Crippen molar-refractivity contribution in [1.82, 2.24) is 5.32 Å². The highest BCUT2D eigenvalue weighted by molar-refractivity contribution is 6.37. The molecule has 1 aromatic carbocycles. The van der Waals surface area contributed by atoms with Crippen LogP contribution in [0.2, 0.25) is 0 Å². The van der Waals surface area contributed by atoms with E-state index in [1.165, 1.54) is 0 Å². The summed E-state index contributed by atoms with van der Waals surface area (Å²) in [5.41, 5.74) is 2.40. The van der Waals surface area contributed by atoms with Gasteiger partial charge in [-0.2, -0.15) is 4.58 Å². The van der Waals surface area contributed by atoms with Crippen molar-refractivity contribution in [2.75, 3.05) is 7.11 Å². The molecule has 0 saturated carbocycles. The fraction of sp³-hybridized carbons (Fsp3) is 0.150. The molecule has 6 heteroatoms. The van der Waals surface area contributed by atoms with Crippen LogP contribution in [0.25, 0.3) is 0 Å². The Bertz CT molecular complexity index is 935. The Morgan fingerprint density at radius 3 is 2.88 bits per heavy atom. The Balaban J connectivity index is 1.52. The first kappa shape index (κ1) is 16.1. The summed E-state index contributed by atoms with van der Waals surface area (Å²) >= 11 is 0. The summed E-state index contributed by atoms with van der Waals surface area (Å²) in [6.45, 7) is 0.346. The van der Waals surface area contributed by atoms with E-state index in [0.717, 1.165) is 17.0 Å². The molecule has 3 heterocycles. The maximum atomic E-state index is 12.6. The number of nitrogens with zero attached hydrogens (tertiary/aromatic N) is 2. The maximum absolute atomic E-state index is 12.6. The lowest BCUT2D eigenvalue weighted by Crippen LogP contribution is -2.33. The minimum atomic E-state index is -0.353. The molecule has 1 unspecified atom stereocenters. The summed E-state index contributed by atoms with van der Waals surface area (Å²) in [6, 6.07) is 11.3. The Kier molecular flexibility index (Phi) is 4.23. The first-order valence-corrected chi connectivity index (χ1v) is 8.28. The van der Waals surface area contributed by atoms with Gasteiger partial charge in [0.15, 0.2) is 12.4 Å². The first-order valence-electron chi connectivity index (χ1n) is 8.28. The van der Waals surface area contributed by atoms with Gasteiger partial charge in [0.2, 0.25) is 0 Å². The van der Waals surface area contributed by atoms with E-state index in [-0.39, 0.29) is 12.1 Å². The number of rotatable bonds is 5. The van der Waals surface area contributed by atoms with Crippen LogP contribution in [0, 0.1) is 0 Å². The number of furan rings is 1. The number of ether oxygens (including phenoxy) is 1. The molecule has 1 aromatic heterocycles. The van der Waals surface area contributed by atoms with E-state index in [0.29, 0.717) is 17.9 Å². The van der Waals surface area contributed by atoms with Crippen LogP contribution in [0.15, 0.2) is 76.0 Å². The van der Waals surface area contributed by atoms with Crippen LogP contribution in [-0.4, -0.2) is 35.7 Å². The van der Waals surface area contributed by atoms with Gasteiger partial charge in [0.25, 0.3) is 12.1 Å². The third-order valence-corrected chi connectivity index (χ3v) is 4.28. The predicted molar refractivity (Wildman–Crippen MR) is 97.4 cm³/mol. The van der Waals surface area contributed by atoms with Gasteiger partial charge >= 0.3 is 0 Å². The van der Waals surface area contributed by atoms with E-state index in [1.807, 2.05) is 53.4 Å². The molecule has 0 bridgehead atoms. The van der Waals surface area contributed by atoms with Gasteiger partial charge in [-0.3, -0.25) is 4.79 Å². The van der Waals surface area contributed by atoms with Gasteiger partial charge in [0.05, 0.1) is 19.9 Å². The van der Waals surface area contributed by atoms with Crippen LogP contribution in [-0.2, 0) is 11.3 Å². The number of aliphatic imine (C=N–C) groups is 1. The molecule has 0 fully saturated rings. The number of carbonyl (C=O) groups excluding carboxylic acids is 1. The van der Waals surface area contributed by atoms with Gasteiger partial charge in [-0.1, -0.05) is 0 Å². The lowest BCUT2D eigenvalue weighted by molar-refractivity contribution is -0.478. The molecule has 6 nitrogen and oxygen atoms in total. The molecule has 2 aliphatic rings. The van der Waals surface area contributed by atoms with Gasteiger partial charge < -0.3 is 14.5 Å². The number of allylic oxidation sites excluding steroid dienone is 2. The Morgan fingerprint density at radius 2 is 2.15 bits per heavy atom. The number of carbonyl (C=O) groups is 1. The van der Waals surface area contributed by atoms with Gasteiger partial charge in [-0.15, -0.1) is 0 Å². The molecular weight excluding hydrogens is 330 g/mol. The van der Waals surface area contributed by atoms with Crippen molar-refractivity contribution in [2.24, 2.45) is 4.99 Å². The third-order valence-electron chi connectivity index (χ3n) is 4.28.